The highest BCUT2D eigenvalue weighted by molar-refractivity contribution is 6.35. The van der Waals surface area contributed by atoms with E-state index in [1.165, 1.54) is 4.57 Å². The van der Waals surface area contributed by atoms with Crippen molar-refractivity contribution in [2.75, 3.05) is 5.73 Å². The Kier molecular flexibility index (Phi) is 2.24. The van der Waals surface area contributed by atoms with E-state index in [0.29, 0.717) is 16.1 Å². The van der Waals surface area contributed by atoms with Crippen molar-refractivity contribution >= 4 is 34.6 Å². The molecule has 1 heterocycles. The van der Waals surface area contributed by atoms with E-state index in [9.17, 15) is 4.79 Å². The Balaban J connectivity index is 2.71. The quantitative estimate of drug-likeness (QED) is 0.809. The van der Waals surface area contributed by atoms with Gasteiger partial charge in [-0.25, -0.2) is 4.98 Å². The molecule has 2 aromatic rings. The highest BCUT2D eigenvalue weighted by atomic mass is 35.5. The summed E-state index contributed by atoms with van der Waals surface area (Å²) in [5.74, 6) is -0.832. The van der Waals surface area contributed by atoms with E-state index in [1.54, 1.807) is 18.2 Å². The molecule has 0 saturated heterocycles. The zero-order valence-corrected chi connectivity index (χ0v) is 8.40. The number of hydrogen-bond acceptors (Lipinski definition) is 3. The minimum absolute atomic E-state index is 0.153. The van der Waals surface area contributed by atoms with Gasteiger partial charge >= 0.3 is 5.97 Å². The van der Waals surface area contributed by atoms with Crippen LogP contribution in [0.3, 0.4) is 0 Å². The largest absolute Gasteiger partial charge is 0.480 e. The Morgan fingerprint density at radius 3 is 3.00 bits per heavy atom. The number of fused-ring (bicyclic) bond motifs is 1. The number of nitrogens with two attached hydrogens (primary N) is 1. The highest BCUT2D eigenvalue weighted by Gasteiger charge is 2.12. The van der Waals surface area contributed by atoms with E-state index < -0.39 is 5.97 Å². The Morgan fingerprint density at radius 1 is 1.60 bits per heavy atom. The molecular weight excluding hydrogens is 218 g/mol. The number of aliphatic carboxylic acids is 1. The van der Waals surface area contributed by atoms with E-state index in [0.717, 1.165) is 0 Å². The topological polar surface area (TPSA) is 81.1 Å². The minimum Gasteiger partial charge on any atom is -0.480 e. The van der Waals surface area contributed by atoms with Gasteiger partial charge in [0.2, 0.25) is 5.95 Å². The Labute approximate surface area is 90.1 Å². The first-order valence-electron chi connectivity index (χ1n) is 4.21. The third kappa shape index (κ3) is 1.61. The Bertz CT molecular complexity index is 535. The van der Waals surface area contributed by atoms with Gasteiger partial charge in [-0.05, 0) is 12.1 Å². The fourth-order valence-corrected chi connectivity index (χ4v) is 1.73. The predicted molar refractivity (Wildman–Crippen MR) is 56.8 cm³/mol. The number of nitrogen functional groups attached to an aromatic ring is 1. The van der Waals surface area contributed by atoms with Gasteiger partial charge in [-0.3, -0.25) is 9.36 Å². The minimum atomic E-state index is -0.985. The molecule has 1 aromatic heterocycles. The molecule has 15 heavy (non-hydrogen) atoms. The molecule has 1 aromatic carbocycles. The van der Waals surface area contributed by atoms with Crippen molar-refractivity contribution in [1.82, 2.24) is 9.55 Å². The summed E-state index contributed by atoms with van der Waals surface area (Å²) in [6.45, 7) is -0.244. The van der Waals surface area contributed by atoms with Crippen LogP contribution in [0.1, 0.15) is 0 Å². The molecule has 0 amide bonds. The number of carboxylic acid groups (broad SMARTS) is 1. The molecule has 78 valence electrons. The maximum atomic E-state index is 10.6. The van der Waals surface area contributed by atoms with Crippen molar-refractivity contribution in [2.24, 2.45) is 0 Å². The number of hydrogen-bond donors (Lipinski definition) is 2. The number of carbonyl (C=O) groups is 1. The number of imidazole rings is 1. The van der Waals surface area contributed by atoms with Crippen LogP contribution in [0.2, 0.25) is 5.02 Å². The third-order valence-corrected chi connectivity index (χ3v) is 2.35. The van der Waals surface area contributed by atoms with Gasteiger partial charge in [0.25, 0.3) is 0 Å². The third-order valence-electron chi connectivity index (χ3n) is 2.04. The van der Waals surface area contributed by atoms with Gasteiger partial charge in [0.1, 0.15) is 6.54 Å². The van der Waals surface area contributed by atoms with Crippen molar-refractivity contribution in [3.63, 3.8) is 0 Å². The highest BCUT2D eigenvalue weighted by Crippen LogP contribution is 2.25. The lowest BCUT2D eigenvalue weighted by Gasteiger charge is -2.02. The second-order valence-corrected chi connectivity index (χ2v) is 3.46. The summed E-state index contributed by atoms with van der Waals surface area (Å²) >= 11 is 5.95. The lowest BCUT2D eigenvalue weighted by Crippen LogP contribution is -2.11. The van der Waals surface area contributed by atoms with Gasteiger partial charge in [-0.1, -0.05) is 17.7 Å². The normalized spacial score (nSPS) is 10.7. The molecule has 2 rings (SSSR count). The van der Waals surface area contributed by atoms with E-state index in [-0.39, 0.29) is 12.5 Å². The molecule has 0 fully saturated rings. The first kappa shape index (κ1) is 9.79. The second-order valence-electron chi connectivity index (χ2n) is 3.06. The molecule has 0 spiro atoms. The maximum Gasteiger partial charge on any atom is 0.323 e. The summed E-state index contributed by atoms with van der Waals surface area (Å²) in [4.78, 5) is 14.6. The summed E-state index contributed by atoms with van der Waals surface area (Å²) in [5.41, 5.74) is 6.75. The molecular formula is C9H8ClN3O2. The van der Waals surface area contributed by atoms with Gasteiger partial charge in [0.05, 0.1) is 16.1 Å². The van der Waals surface area contributed by atoms with Crippen molar-refractivity contribution in [3.8, 4) is 0 Å². The van der Waals surface area contributed by atoms with Crippen LogP contribution >= 0.6 is 11.6 Å². The average Bonchev–Trinajstić information content (AvgIpc) is 2.43. The van der Waals surface area contributed by atoms with Crippen molar-refractivity contribution in [2.45, 2.75) is 6.54 Å². The number of aromatic nitrogens is 2. The first-order valence-corrected chi connectivity index (χ1v) is 4.59. The van der Waals surface area contributed by atoms with Gasteiger partial charge in [-0.2, -0.15) is 0 Å². The van der Waals surface area contributed by atoms with Crippen LogP contribution in [-0.2, 0) is 11.3 Å². The van der Waals surface area contributed by atoms with Crippen LogP contribution in [0.15, 0.2) is 18.2 Å². The summed E-state index contributed by atoms with van der Waals surface area (Å²) in [6.07, 6.45) is 0. The zero-order valence-electron chi connectivity index (χ0n) is 7.64. The summed E-state index contributed by atoms with van der Waals surface area (Å²) in [6, 6.07) is 5.14. The van der Waals surface area contributed by atoms with Crippen molar-refractivity contribution in [3.05, 3.63) is 23.2 Å². The number of carboxylic acids is 1. The Hall–Kier alpha value is -1.75. The standard InChI is InChI=1S/C9H8ClN3O2/c10-5-2-1-3-6-8(5)13(4-7(14)15)9(11)12-6/h1-3H,4H2,(H2,11,12)(H,14,15). The van der Waals surface area contributed by atoms with Gasteiger partial charge < -0.3 is 10.8 Å². The average molecular weight is 226 g/mol. The maximum absolute atomic E-state index is 10.6. The number of para-hydroxylation sites is 1. The van der Waals surface area contributed by atoms with Crippen LogP contribution in [0.25, 0.3) is 11.0 Å². The molecule has 0 aliphatic carbocycles. The second kappa shape index (κ2) is 3.43. The molecule has 0 bridgehead atoms. The van der Waals surface area contributed by atoms with E-state index in [2.05, 4.69) is 4.98 Å². The van der Waals surface area contributed by atoms with Crippen LogP contribution in [0, 0.1) is 0 Å². The number of anilines is 1. The summed E-state index contributed by atoms with van der Waals surface area (Å²) in [7, 11) is 0. The fraction of sp³-hybridized carbons (Fsp3) is 0.111. The van der Waals surface area contributed by atoms with E-state index >= 15 is 0 Å². The molecule has 6 heteroatoms. The monoisotopic (exact) mass is 225 g/mol. The summed E-state index contributed by atoms with van der Waals surface area (Å²) in [5, 5.41) is 9.16. The number of nitrogens with zero attached hydrogens (tertiary/aromatic N) is 2. The van der Waals surface area contributed by atoms with Crippen LogP contribution < -0.4 is 5.73 Å². The SMILES string of the molecule is Nc1nc2cccc(Cl)c2n1CC(=O)O. The molecule has 0 aliphatic heterocycles. The van der Waals surface area contributed by atoms with E-state index in [4.69, 9.17) is 22.4 Å². The Morgan fingerprint density at radius 2 is 2.33 bits per heavy atom. The van der Waals surface area contributed by atoms with Crippen molar-refractivity contribution < 1.29 is 9.90 Å². The molecule has 0 aliphatic rings. The predicted octanol–water partition coefficient (Wildman–Crippen LogP) is 1.36. The van der Waals surface area contributed by atoms with Gasteiger partial charge in [0, 0.05) is 0 Å². The molecule has 0 atom stereocenters. The molecule has 3 N–H and O–H groups in total. The first-order chi connectivity index (χ1) is 7.09. The van der Waals surface area contributed by atoms with Crippen LogP contribution in [0.4, 0.5) is 5.95 Å². The summed E-state index contributed by atoms with van der Waals surface area (Å²) < 4.78 is 1.38. The lowest BCUT2D eigenvalue weighted by molar-refractivity contribution is -0.137. The molecule has 0 unspecified atom stereocenters. The zero-order chi connectivity index (χ0) is 11.0. The number of benzene rings is 1. The van der Waals surface area contributed by atoms with Crippen LogP contribution in [0.5, 0.6) is 0 Å². The lowest BCUT2D eigenvalue weighted by atomic mass is 10.3. The smallest absolute Gasteiger partial charge is 0.323 e. The molecule has 0 radical (unpaired) electrons. The molecule has 5 nitrogen and oxygen atoms in total. The number of rotatable bonds is 2. The fourth-order valence-electron chi connectivity index (χ4n) is 1.46. The number of halogens is 1. The molecule has 0 saturated carbocycles. The van der Waals surface area contributed by atoms with Crippen molar-refractivity contribution in [1.29, 1.82) is 0 Å². The van der Waals surface area contributed by atoms with Gasteiger partial charge in [-0.15, -0.1) is 0 Å². The van der Waals surface area contributed by atoms with E-state index in [1.807, 2.05) is 0 Å². The van der Waals surface area contributed by atoms with Crippen LogP contribution in [-0.4, -0.2) is 20.6 Å². The van der Waals surface area contributed by atoms with Gasteiger partial charge in [0.15, 0.2) is 0 Å².